The van der Waals surface area contributed by atoms with Gasteiger partial charge in [-0.3, -0.25) is 0 Å². The van der Waals surface area contributed by atoms with Crippen molar-refractivity contribution in [2.75, 3.05) is 0 Å². The van der Waals surface area contributed by atoms with E-state index in [0.717, 1.165) is 0 Å². The van der Waals surface area contributed by atoms with Crippen LogP contribution in [0, 0.1) is 0 Å². The number of hydrogen-bond acceptors (Lipinski definition) is 6. The van der Waals surface area contributed by atoms with Crippen molar-refractivity contribution in [3.63, 3.8) is 0 Å². The van der Waals surface area contributed by atoms with E-state index in [4.69, 9.17) is 0 Å². The number of rotatable bonds is 6. The Labute approximate surface area is 166 Å². The first-order valence-electron chi connectivity index (χ1n) is 8.16. The molecule has 3 atom stereocenters. The topological polar surface area (TPSA) is 120 Å². The van der Waals surface area contributed by atoms with Gasteiger partial charge in [-0.1, -0.05) is 62.3 Å². The van der Waals surface area contributed by atoms with Crippen LogP contribution in [0.25, 0.3) is 0 Å². The fourth-order valence-electron chi connectivity index (χ4n) is 0.433. The Bertz CT molecular complexity index is 364. The molecular weight excluding hydrogens is 396 g/mol. The third kappa shape index (κ3) is 17.0. The van der Waals surface area contributed by atoms with Gasteiger partial charge < -0.3 is 28.4 Å². The summed E-state index contributed by atoms with van der Waals surface area (Å²) in [5, 5.41) is -1.40. The largest absolute Gasteiger partial charge is 3.00 e. The van der Waals surface area contributed by atoms with Crippen LogP contribution in [0.15, 0.2) is 0 Å². The molecule has 0 saturated heterocycles. The minimum atomic E-state index is -2.56. The Morgan fingerprint density at radius 1 is 0.560 bits per heavy atom. The molecule has 0 aromatic rings. The second-order valence-corrected chi connectivity index (χ2v) is 13.4. The zero-order valence-electron chi connectivity index (χ0n) is 17.1. The third-order valence-corrected chi connectivity index (χ3v) is 8.69. The molecule has 0 aromatic carbocycles. The summed E-state index contributed by atoms with van der Waals surface area (Å²) in [5.41, 5.74) is 0. The van der Waals surface area contributed by atoms with Gasteiger partial charge in [0.2, 0.25) is 0 Å². The van der Waals surface area contributed by atoms with Crippen LogP contribution in [0.3, 0.4) is 0 Å². The monoisotopic (exact) mass is 432 g/mol. The molecule has 0 heterocycles. The van der Waals surface area contributed by atoms with Gasteiger partial charge in [-0.25, -0.2) is 0 Å². The predicted octanol–water partition coefficient (Wildman–Crippen LogP) is 2.65. The van der Waals surface area contributed by atoms with E-state index in [1.54, 1.807) is 41.5 Å². The third-order valence-electron chi connectivity index (χ3n) is 4.31. The average Bonchev–Trinajstić information content (AvgIpc) is 2.47. The van der Waals surface area contributed by atoms with Crippen LogP contribution in [0.1, 0.15) is 81.6 Å². The predicted molar refractivity (Wildman–Crippen MR) is 106 cm³/mol. The molecule has 0 aliphatic carbocycles. The minimum Gasteiger partial charge on any atom is -0.801 e. The maximum Gasteiger partial charge on any atom is 3.00 e. The van der Waals surface area contributed by atoms with Crippen molar-refractivity contribution in [3.8, 4) is 0 Å². The Kier molecular flexibility index (Phi) is 20.3. The van der Waals surface area contributed by atoms with Crippen LogP contribution in [0.2, 0.25) is 0 Å². The smallest absolute Gasteiger partial charge is 0.801 e. The first-order valence-corrected chi connectivity index (χ1v) is 12.1. The molecule has 0 N–H and O–H groups in total. The molecular formula is C15H36AlO6P3. The first-order chi connectivity index (χ1) is 10.5. The van der Waals surface area contributed by atoms with Crippen molar-refractivity contribution in [2.45, 2.75) is 97.0 Å². The van der Waals surface area contributed by atoms with Crippen molar-refractivity contribution in [3.05, 3.63) is 0 Å². The SMILES string of the molecule is CCC(C)(C)[PH](=O)[O-].CCC(C)(C)[PH](=O)[O-].CCC(C)(C)[PH](=O)[O-].[Al+3]. The van der Waals surface area contributed by atoms with E-state index < -0.39 is 39.6 Å². The molecule has 25 heavy (non-hydrogen) atoms. The van der Waals surface area contributed by atoms with Gasteiger partial charge in [0.25, 0.3) is 0 Å². The Morgan fingerprint density at radius 2 is 0.680 bits per heavy atom. The summed E-state index contributed by atoms with van der Waals surface area (Å²) in [7, 11) is -7.69. The van der Waals surface area contributed by atoms with Crippen molar-refractivity contribution < 1.29 is 28.4 Å². The fraction of sp³-hybridized carbons (Fsp3) is 1.00. The van der Waals surface area contributed by atoms with Crippen LogP contribution in [0.4, 0.5) is 0 Å². The van der Waals surface area contributed by atoms with Crippen molar-refractivity contribution in [2.24, 2.45) is 0 Å². The second kappa shape index (κ2) is 15.1. The van der Waals surface area contributed by atoms with E-state index >= 15 is 0 Å². The molecule has 0 aliphatic heterocycles. The molecule has 0 bridgehead atoms. The summed E-state index contributed by atoms with van der Waals surface area (Å²) in [6.45, 7) is 16.1. The summed E-state index contributed by atoms with van der Waals surface area (Å²) < 4.78 is 31.0. The van der Waals surface area contributed by atoms with Crippen molar-refractivity contribution in [1.82, 2.24) is 0 Å². The molecule has 0 amide bonds. The minimum absolute atomic E-state index is 0. The summed E-state index contributed by atoms with van der Waals surface area (Å²) >= 11 is 0. The maximum absolute atomic E-state index is 10.3. The summed E-state index contributed by atoms with van der Waals surface area (Å²) in [5.74, 6) is 0. The summed E-state index contributed by atoms with van der Waals surface area (Å²) in [4.78, 5) is 31.0. The van der Waals surface area contributed by atoms with E-state index in [1.807, 2.05) is 20.8 Å². The van der Waals surface area contributed by atoms with Crippen molar-refractivity contribution in [1.29, 1.82) is 0 Å². The van der Waals surface area contributed by atoms with Gasteiger partial charge in [0.1, 0.15) is 0 Å². The van der Waals surface area contributed by atoms with E-state index in [9.17, 15) is 28.4 Å². The van der Waals surface area contributed by atoms with Gasteiger partial charge in [0, 0.05) is 39.6 Å². The Morgan fingerprint density at radius 3 is 0.680 bits per heavy atom. The molecule has 0 aromatic heterocycles. The van der Waals surface area contributed by atoms with E-state index in [1.165, 1.54) is 0 Å². The van der Waals surface area contributed by atoms with Crippen LogP contribution < -0.4 is 14.7 Å². The average molecular weight is 432 g/mol. The van der Waals surface area contributed by atoms with Gasteiger partial charge >= 0.3 is 17.4 Å². The Hall–Kier alpha value is 1.10. The quantitative estimate of drug-likeness (QED) is 0.470. The van der Waals surface area contributed by atoms with Gasteiger partial charge in [0.15, 0.2) is 0 Å². The Balaban J connectivity index is -0.000000130. The van der Waals surface area contributed by atoms with E-state index in [-0.39, 0.29) is 17.4 Å². The zero-order valence-corrected chi connectivity index (χ0v) is 21.3. The van der Waals surface area contributed by atoms with Gasteiger partial charge in [-0.2, -0.15) is 0 Å². The molecule has 0 spiro atoms. The standard InChI is InChI=1S/3C5H13O2P.Al/c3*1-4-5(2,3)8(6)7;/h3*8H,4H2,1-3H3,(H,6,7);/q;;;+3/p-3. The maximum atomic E-state index is 10.3. The van der Waals surface area contributed by atoms with E-state index in [0.29, 0.717) is 19.3 Å². The molecule has 150 valence electrons. The normalized spacial score (nSPS) is 15.4. The first kappa shape index (κ1) is 33.7. The molecule has 0 aliphatic rings. The van der Waals surface area contributed by atoms with Crippen LogP contribution in [-0.2, 0) is 13.7 Å². The van der Waals surface area contributed by atoms with Crippen molar-refractivity contribution >= 4 is 41.4 Å². The van der Waals surface area contributed by atoms with Gasteiger partial charge in [-0.05, 0) is 19.3 Å². The fourth-order valence-corrected chi connectivity index (χ4v) is 1.30. The molecule has 3 unspecified atom stereocenters. The molecule has 0 fully saturated rings. The van der Waals surface area contributed by atoms with Gasteiger partial charge in [-0.15, -0.1) is 0 Å². The van der Waals surface area contributed by atoms with Crippen LogP contribution in [-0.4, -0.2) is 32.8 Å². The van der Waals surface area contributed by atoms with E-state index in [2.05, 4.69) is 0 Å². The number of hydrogen-bond donors (Lipinski definition) is 0. The molecule has 0 saturated carbocycles. The van der Waals surface area contributed by atoms with Crippen LogP contribution in [0.5, 0.6) is 0 Å². The molecule has 0 rings (SSSR count). The summed E-state index contributed by atoms with van der Waals surface area (Å²) in [6, 6.07) is 0. The van der Waals surface area contributed by atoms with Gasteiger partial charge in [0.05, 0.1) is 0 Å². The molecule has 0 radical (unpaired) electrons. The second-order valence-electron chi connectivity index (χ2n) is 7.57. The molecule has 6 nitrogen and oxygen atoms in total. The molecule has 10 heteroatoms. The van der Waals surface area contributed by atoms with Crippen LogP contribution >= 0.6 is 24.1 Å². The summed E-state index contributed by atoms with van der Waals surface area (Å²) in [6.07, 6.45) is 2.11. The zero-order chi connectivity index (χ0) is 20.4.